The van der Waals surface area contributed by atoms with Crippen LogP contribution in [-0.2, 0) is 0 Å². The highest BCUT2D eigenvalue weighted by Gasteiger charge is 2.26. The molecule has 1 fully saturated rings. The maximum atomic E-state index is 11.5. The first kappa shape index (κ1) is 11.2. The number of aryl methyl sites for hydroxylation is 1. The summed E-state index contributed by atoms with van der Waals surface area (Å²) in [5, 5.41) is 6.29. The van der Waals surface area contributed by atoms with E-state index in [0.29, 0.717) is 17.4 Å². The molecule has 1 aliphatic carbocycles. The summed E-state index contributed by atoms with van der Waals surface area (Å²) in [6.45, 7) is 1.74. The highest BCUT2D eigenvalue weighted by atomic mass is 16.5. The van der Waals surface area contributed by atoms with Gasteiger partial charge in [-0.1, -0.05) is 0 Å². The molecule has 2 aromatic heterocycles. The summed E-state index contributed by atoms with van der Waals surface area (Å²) >= 11 is 0. The quantitative estimate of drug-likeness (QED) is 0.779. The molecule has 2 unspecified atom stereocenters. The lowest BCUT2D eigenvalue weighted by Gasteiger charge is -2.17. The summed E-state index contributed by atoms with van der Waals surface area (Å²) in [5.74, 6) is 1.02. The van der Waals surface area contributed by atoms with Crippen LogP contribution in [0.1, 0.15) is 25.1 Å². The Morgan fingerprint density at radius 3 is 3.11 bits per heavy atom. The molecular formula is C11H15N5O2. The summed E-state index contributed by atoms with van der Waals surface area (Å²) in [4.78, 5) is 15.7. The maximum Gasteiger partial charge on any atom is 0.349 e. The van der Waals surface area contributed by atoms with Crippen molar-refractivity contribution in [1.82, 2.24) is 19.6 Å². The monoisotopic (exact) mass is 249 g/mol. The number of nitrogens with two attached hydrogens (primary N) is 1. The zero-order valence-corrected chi connectivity index (χ0v) is 10.1. The van der Waals surface area contributed by atoms with Crippen molar-refractivity contribution < 1.29 is 4.74 Å². The Kier molecular flexibility index (Phi) is 2.55. The second-order valence-electron chi connectivity index (χ2n) is 4.62. The van der Waals surface area contributed by atoms with Crippen LogP contribution in [-0.4, -0.2) is 31.7 Å². The average Bonchev–Trinajstić information content (AvgIpc) is 2.87. The van der Waals surface area contributed by atoms with E-state index >= 15 is 0 Å². The molecule has 2 heterocycles. The van der Waals surface area contributed by atoms with Gasteiger partial charge in [-0.2, -0.15) is 10.1 Å². The van der Waals surface area contributed by atoms with Crippen molar-refractivity contribution in [3.63, 3.8) is 0 Å². The Balaban J connectivity index is 1.95. The Morgan fingerprint density at radius 2 is 2.39 bits per heavy atom. The van der Waals surface area contributed by atoms with Crippen molar-refractivity contribution in [2.45, 2.75) is 38.3 Å². The number of rotatable bonds is 2. The topological polar surface area (TPSA) is 98.3 Å². The summed E-state index contributed by atoms with van der Waals surface area (Å²) in [5.41, 5.74) is 6.17. The number of fused-ring (bicyclic) bond motifs is 1. The van der Waals surface area contributed by atoms with E-state index in [9.17, 15) is 4.79 Å². The minimum absolute atomic E-state index is 0.00464. The molecular weight excluding hydrogens is 234 g/mol. The molecule has 0 spiro atoms. The Hall–Kier alpha value is -1.89. The fourth-order valence-corrected chi connectivity index (χ4v) is 2.39. The number of H-pyrrole nitrogens is 1. The second kappa shape index (κ2) is 4.09. The first-order chi connectivity index (χ1) is 8.65. The minimum Gasteiger partial charge on any atom is -0.473 e. The predicted molar refractivity (Wildman–Crippen MR) is 64.6 cm³/mol. The van der Waals surface area contributed by atoms with Gasteiger partial charge >= 0.3 is 5.69 Å². The summed E-state index contributed by atoms with van der Waals surface area (Å²) in [6, 6.07) is 1.71. The molecule has 3 N–H and O–H groups in total. The van der Waals surface area contributed by atoms with Crippen LogP contribution < -0.4 is 16.2 Å². The zero-order chi connectivity index (χ0) is 12.7. The lowest BCUT2D eigenvalue weighted by Crippen LogP contribution is -2.34. The van der Waals surface area contributed by atoms with Crippen LogP contribution in [0.3, 0.4) is 0 Å². The van der Waals surface area contributed by atoms with Crippen LogP contribution >= 0.6 is 0 Å². The standard InChI is InChI=1S/C11H15N5O2/c1-6-13-10(18-8-4-2-3-7(8)12)5-9-14-15-11(17)16(6)9/h5,7-8H,2-4,12H2,1H3,(H,15,17). The maximum absolute atomic E-state index is 11.5. The normalized spacial score (nSPS) is 23.7. The van der Waals surface area contributed by atoms with Gasteiger partial charge in [0, 0.05) is 12.1 Å². The van der Waals surface area contributed by atoms with Crippen molar-refractivity contribution in [2.75, 3.05) is 0 Å². The van der Waals surface area contributed by atoms with E-state index in [1.54, 1.807) is 13.0 Å². The van der Waals surface area contributed by atoms with Crippen LogP contribution in [0.5, 0.6) is 5.88 Å². The number of aromatic nitrogens is 4. The summed E-state index contributed by atoms with van der Waals surface area (Å²) in [6.07, 6.45) is 3.01. The third-order valence-electron chi connectivity index (χ3n) is 3.32. The molecule has 3 rings (SSSR count). The number of ether oxygens (including phenoxy) is 1. The third kappa shape index (κ3) is 1.76. The van der Waals surface area contributed by atoms with E-state index in [-0.39, 0.29) is 17.8 Å². The first-order valence-electron chi connectivity index (χ1n) is 6.02. The van der Waals surface area contributed by atoms with Crippen LogP contribution in [0.25, 0.3) is 5.65 Å². The average molecular weight is 249 g/mol. The Bertz CT molecular complexity index is 632. The van der Waals surface area contributed by atoms with Gasteiger partial charge < -0.3 is 10.5 Å². The molecule has 0 aromatic carbocycles. The van der Waals surface area contributed by atoms with Gasteiger partial charge in [-0.3, -0.25) is 0 Å². The lowest BCUT2D eigenvalue weighted by molar-refractivity contribution is 0.183. The van der Waals surface area contributed by atoms with Crippen LogP contribution in [0.15, 0.2) is 10.9 Å². The van der Waals surface area contributed by atoms with E-state index in [4.69, 9.17) is 10.5 Å². The smallest absolute Gasteiger partial charge is 0.349 e. The number of hydrogen-bond acceptors (Lipinski definition) is 5. The fourth-order valence-electron chi connectivity index (χ4n) is 2.39. The van der Waals surface area contributed by atoms with E-state index in [2.05, 4.69) is 15.2 Å². The number of nitrogens with zero attached hydrogens (tertiary/aromatic N) is 3. The van der Waals surface area contributed by atoms with Gasteiger partial charge in [-0.15, -0.1) is 0 Å². The molecule has 0 saturated heterocycles. The summed E-state index contributed by atoms with van der Waals surface area (Å²) in [7, 11) is 0. The van der Waals surface area contributed by atoms with Gasteiger partial charge in [-0.25, -0.2) is 14.3 Å². The SMILES string of the molecule is Cc1nc(OC2CCCC2N)cc2n[nH]c(=O)n12. The van der Waals surface area contributed by atoms with Gasteiger partial charge in [0.25, 0.3) is 0 Å². The van der Waals surface area contributed by atoms with Gasteiger partial charge in [0.1, 0.15) is 11.9 Å². The van der Waals surface area contributed by atoms with Crippen LogP contribution in [0, 0.1) is 6.92 Å². The molecule has 1 aliphatic rings. The fraction of sp³-hybridized carbons (Fsp3) is 0.545. The zero-order valence-electron chi connectivity index (χ0n) is 10.1. The minimum atomic E-state index is -0.292. The molecule has 7 heteroatoms. The first-order valence-corrected chi connectivity index (χ1v) is 6.02. The van der Waals surface area contributed by atoms with Crippen LogP contribution in [0.4, 0.5) is 0 Å². The van der Waals surface area contributed by atoms with Crippen molar-refractivity contribution in [3.8, 4) is 5.88 Å². The predicted octanol–water partition coefficient (Wildman–Crippen LogP) is -0.0154. The number of hydrogen-bond donors (Lipinski definition) is 2. The van der Waals surface area contributed by atoms with Crippen molar-refractivity contribution >= 4 is 5.65 Å². The molecule has 2 aromatic rings. The molecule has 0 aliphatic heterocycles. The summed E-state index contributed by atoms with van der Waals surface area (Å²) < 4.78 is 7.18. The molecule has 96 valence electrons. The Morgan fingerprint density at radius 1 is 1.56 bits per heavy atom. The van der Waals surface area contributed by atoms with Crippen molar-refractivity contribution in [2.24, 2.45) is 5.73 Å². The molecule has 2 atom stereocenters. The van der Waals surface area contributed by atoms with E-state index in [1.807, 2.05) is 0 Å². The molecule has 0 amide bonds. The van der Waals surface area contributed by atoms with Gasteiger partial charge in [0.2, 0.25) is 5.88 Å². The lowest BCUT2D eigenvalue weighted by atomic mass is 10.2. The van der Waals surface area contributed by atoms with Gasteiger partial charge in [0.15, 0.2) is 5.65 Å². The van der Waals surface area contributed by atoms with Gasteiger partial charge in [0.05, 0.1) is 0 Å². The number of nitrogens with one attached hydrogen (secondary N) is 1. The van der Waals surface area contributed by atoms with E-state index in [1.165, 1.54) is 4.40 Å². The number of aromatic amines is 1. The van der Waals surface area contributed by atoms with E-state index < -0.39 is 0 Å². The third-order valence-corrected chi connectivity index (χ3v) is 3.32. The van der Waals surface area contributed by atoms with Crippen molar-refractivity contribution in [3.05, 3.63) is 22.4 Å². The van der Waals surface area contributed by atoms with Crippen LogP contribution in [0.2, 0.25) is 0 Å². The highest BCUT2D eigenvalue weighted by Crippen LogP contribution is 2.22. The van der Waals surface area contributed by atoms with E-state index in [0.717, 1.165) is 19.3 Å². The molecule has 0 bridgehead atoms. The largest absolute Gasteiger partial charge is 0.473 e. The molecule has 18 heavy (non-hydrogen) atoms. The van der Waals surface area contributed by atoms with Gasteiger partial charge in [-0.05, 0) is 26.2 Å². The molecule has 1 saturated carbocycles. The molecule has 7 nitrogen and oxygen atoms in total. The molecule has 0 radical (unpaired) electrons. The highest BCUT2D eigenvalue weighted by molar-refractivity contribution is 5.40. The Labute approximate surface area is 103 Å². The van der Waals surface area contributed by atoms with Crippen molar-refractivity contribution in [1.29, 1.82) is 0 Å². The second-order valence-corrected chi connectivity index (χ2v) is 4.62.